The fourth-order valence-electron chi connectivity index (χ4n) is 3.47. The number of carbonyl (C=O) groups is 2. The Kier molecular flexibility index (Phi) is 7.18. The predicted molar refractivity (Wildman–Crippen MR) is 122 cm³/mol. The third kappa shape index (κ3) is 5.17. The van der Waals surface area contributed by atoms with Crippen molar-refractivity contribution in [2.24, 2.45) is 0 Å². The third-order valence-electron chi connectivity index (χ3n) is 5.30. The highest BCUT2D eigenvalue weighted by molar-refractivity contribution is 6.30. The summed E-state index contributed by atoms with van der Waals surface area (Å²) in [5.74, 6) is -0.601. The molecule has 1 aromatic heterocycles. The summed E-state index contributed by atoms with van der Waals surface area (Å²) in [5, 5.41) is 0.416. The normalized spacial score (nSPS) is 10.7. The van der Waals surface area contributed by atoms with Crippen molar-refractivity contribution in [1.82, 2.24) is 4.98 Å². The van der Waals surface area contributed by atoms with Crippen LogP contribution in [-0.2, 0) is 11.2 Å². The molecule has 0 radical (unpaired) electrons. The molecule has 0 N–H and O–H groups in total. The standard InChI is InChI=1S/C25H24ClFN2O2/c1-4-24(31)29(3)22-11-8-19(15-21(22)27)18-7-10-20(16(2)14-18)23(30)12-9-17-6-5-13-28-25(17)26/h5-8,10-11,13-15H,4,9,12H2,1-3H3. The molecule has 0 atom stereocenters. The number of ketones is 1. The smallest absolute Gasteiger partial charge is 0.226 e. The lowest BCUT2D eigenvalue weighted by molar-refractivity contribution is -0.118. The van der Waals surface area contributed by atoms with E-state index < -0.39 is 5.82 Å². The summed E-state index contributed by atoms with van der Waals surface area (Å²) in [6.07, 6.45) is 2.76. The fourth-order valence-corrected chi connectivity index (χ4v) is 3.69. The molecule has 0 saturated carbocycles. The van der Waals surface area contributed by atoms with Crippen LogP contribution in [0.3, 0.4) is 0 Å². The van der Waals surface area contributed by atoms with E-state index in [2.05, 4.69) is 4.98 Å². The van der Waals surface area contributed by atoms with Gasteiger partial charge in [-0.1, -0.05) is 48.9 Å². The molecular weight excluding hydrogens is 415 g/mol. The van der Waals surface area contributed by atoms with Crippen molar-refractivity contribution < 1.29 is 14.0 Å². The van der Waals surface area contributed by atoms with E-state index in [0.29, 0.717) is 35.5 Å². The molecule has 1 heterocycles. The van der Waals surface area contributed by atoms with Gasteiger partial charge in [0.1, 0.15) is 11.0 Å². The van der Waals surface area contributed by atoms with Crippen LogP contribution in [0.15, 0.2) is 54.7 Å². The number of pyridine rings is 1. The quantitative estimate of drug-likeness (QED) is 0.334. The number of aromatic nitrogens is 1. The lowest BCUT2D eigenvalue weighted by Gasteiger charge is -2.18. The van der Waals surface area contributed by atoms with Gasteiger partial charge in [0.2, 0.25) is 5.91 Å². The summed E-state index contributed by atoms with van der Waals surface area (Å²) >= 11 is 6.07. The lowest BCUT2D eigenvalue weighted by atomic mass is 9.95. The van der Waals surface area contributed by atoms with E-state index in [1.807, 2.05) is 25.1 Å². The molecule has 0 fully saturated rings. The van der Waals surface area contributed by atoms with Crippen molar-refractivity contribution in [2.45, 2.75) is 33.1 Å². The Morgan fingerprint density at radius 2 is 1.81 bits per heavy atom. The van der Waals surface area contributed by atoms with Gasteiger partial charge in [0, 0.05) is 31.6 Å². The molecule has 31 heavy (non-hydrogen) atoms. The maximum Gasteiger partial charge on any atom is 0.226 e. The SMILES string of the molecule is CCC(=O)N(C)c1ccc(-c2ccc(C(=O)CCc3cccnc3Cl)c(C)c2)cc1F. The Hall–Kier alpha value is -3.05. The number of rotatable bonds is 7. The van der Waals surface area contributed by atoms with Gasteiger partial charge in [-0.15, -0.1) is 0 Å². The topological polar surface area (TPSA) is 50.3 Å². The molecule has 0 bridgehead atoms. The van der Waals surface area contributed by atoms with Crippen LogP contribution in [0.1, 0.15) is 41.3 Å². The van der Waals surface area contributed by atoms with Gasteiger partial charge in [-0.3, -0.25) is 9.59 Å². The van der Waals surface area contributed by atoms with Gasteiger partial charge in [-0.2, -0.15) is 0 Å². The molecule has 0 saturated heterocycles. The zero-order chi connectivity index (χ0) is 22.5. The zero-order valence-electron chi connectivity index (χ0n) is 17.8. The minimum absolute atomic E-state index is 0.0187. The predicted octanol–water partition coefficient (Wildman–Crippen LogP) is 6.04. The number of Topliss-reactive ketones (excluding diaryl/α,β-unsaturated/α-hetero) is 1. The van der Waals surface area contributed by atoms with E-state index in [4.69, 9.17) is 11.6 Å². The lowest BCUT2D eigenvalue weighted by Crippen LogP contribution is -2.25. The molecule has 0 spiro atoms. The van der Waals surface area contributed by atoms with Gasteiger partial charge in [-0.05, 0) is 53.8 Å². The van der Waals surface area contributed by atoms with Crippen LogP contribution in [0.25, 0.3) is 11.1 Å². The van der Waals surface area contributed by atoms with Crippen LogP contribution < -0.4 is 4.90 Å². The largest absolute Gasteiger partial charge is 0.313 e. The van der Waals surface area contributed by atoms with Crippen LogP contribution >= 0.6 is 11.6 Å². The Labute approximate surface area is 186 Å². The Morgan fingerprint density at radius 3 is 2.45 bits per heavy atom. The summed E-state index contributed by atoms with van der Waals surface area (Å²) in [4.78, 5) is 29.9. The molecule has 0 aliphatic carbocycles. The highest BCUT2D eigenvalue weighted by Crippen LogP contribution is 2.28. The average molecular weight is 439 g/mol. The van der Waals surface area contributed by atoms with Crippen molar-refractivity contribution in [3.05, 3.63) is 82.4 Å². The van der Waals surface area contributed by atoms with Crippen LogP contribution in [0.4, 0.5) is 10.1 Å². The summed E-state index contributed by atoms with van der Waals surface area (Å²) in [5.41, 5.74) is 4.03. The average Bonchev–Trinajstić information content (AvgIpc) is 2.77. The highest BCUT2D eigenvalue weighted by atomic mass is 35.5. The van der Waals surface area contributed by atoms with Crippen LogP contribution in [0.5, 0.6) is 0 Å². The van der Waals surface area contributed by atoms with Crippen molar-refractivity contribution in [3.63, 3.8) is 0 Å². The Morgan fingerprint density at radius 1 is 1.10 bits per heavy atom. The van der Waals surface area contributed by atoms with Gasteiger partial charge < -0.3 is 4.90 Å². The van der Waals surface area contributed by atoms with E-state index in [0.717, 1.165) is 16.7 Å². The van der Waals surface area contributed by atoms with Crippen molar-refractivity contribution in [1.29, 1.82) is 0 Å². The first-order valence-corrected chi connectivity index (χ1v) is 10.5. The second-order valence-corrected chi connectivity index (χ2v) is 7.74. The molecule has 2 aromatic carbocycles. The van der Waals surface area contributed by atoms with Gasteiger partial charge >= 0.3 is 0 Å². The molecule has 4 nitrogen and oxygen atoms in total. The number of nitrogens with zero attached hydrogens (tertiary/aromatic N) is 2. The number of hydrogen-bond donors (Lipinski definition) is 0. The Bertz CT molecular complexity index is 1130. The first-order chi connectivity index (χ1) is 14.8. The van der Waals surface area contributed by atoms with Gasteiger partial charge in [0.05, 0.1) is 5.69 Å². The van der Waals surface area contributed by atoms with Crippen LogP contribution in [0, 0.1) is 12.7 Å². The van der Waals surface area contributed by atoms with E-state index in [1.165, 1.54) is 11.0 Å². The first-order valence-electron chi connectivity index (χ1n) is 10.1. The van der Waals surface area contributed by atoms with Crippen LogP contribution in [-0.4, -0.2) is 23.7 Å². The molecule has 1 amide bonds. The number of hydrogen-bond acceptors (Lipinski definition) is 3. The number of halogens is 2. The van der Waals surface area contributed by atoms with E-state index in [-0.39, 0.29) is 17.4 Å². The van der Waals surface area contributed by atoms with E-state index in [1.54, 1.807) is 44.4 Å². The minimum atomic E-state index is -0.465. The fraction of sp³-hybridized carbons (Fsp3) is 0.240. The second-order valence-electron chi connectivity index (χ2n) is 7.38. The van der Waals surface area contributed by atoms with Crippen molar-refractivity contribution in [3.8, 4) is 11.1 Å². The first kappa shape index (κ1) is 22.6. The number of amides is 1. The van der Waals surface area contributed by atoms with Gasteiger partial charge in [-0.25, -0.2) is 9.37 Å². The van der Waals surface area contributed by atoms with Crippen molar-refractivity contribution in [2.75, 3.05) is 11.9 Å². The summed E-state index contributed by atoms with van der Waals surface area (Å²) in [7, 11) is 1.56. The molecule has 3 aromatic rings. The summed E-state index contributed by atoms with van der Waals surface area (Å²) in [6.45, 7) is 3.61. The molecular formula is C25H24ClFN2O2. The number of carbonyl (C=O) groups excluding carboxylic acids is 2. The van der Waals surface area contributed by atoms with Crippen LogP contribution in [0.2, 0.25) is 5.15 Å². The zero-order valence-corrected chi connectivity index (χ0v) is 18.5. The Balaban J connectivity index is 1.77. The van der Waals surface area contributed by atoms with E-state index in [9.17, 15) is 14.0 Å². The number of aryl methyl sites for hydroxylation is 2. The highest BCUT2D eigenvalue weighted by Gasteiger charge is 2.15. The maximum absolute atomic E-state index is 14.6. The number of anilines is 1. The monoisotopic (exact) mass is 438 g/mol. The molecule has 0 unspecified atom stereocenters. The minimum Gasteiger partial charge on any atom is -0.313 e. The molecule has 3 rings (SSSR count). The molecule has 0 aliphatic heterocycles. The third-order valence-corrected chi connectivity index (χ3v) is 5.64. The van der Waals surface area contributed by atoms with Gasteiger partial charge in [0.15, 0.2) is 5.78 Å². The summed E-state index contributed by atoms with van der Waals surface area (Å²) < 4.78 is 14.6. The molecule has 160 valence electrons. The summed E-state index contributed by atoms with van der Waals surface area (Å²) in [6, 6.07) is 13.9. The van der Waals surface area contributed by atoms with Crippen molar-refractivity contribution >= 4 is 29.0 Å². The number of benzene rings is 2. The van der Waals surface area contributed by atoms with Gasteiger partial charge in [0.25, 0.3) is 0 Å². The van der Waals surface area contributed by atoms with E-state index >= 15 is 0 Å². The molecule has 0 aliphatic rings. The molecule has 6 heteroatoms. The second kappa shape index (κ2) is 9.84. The maximum atomic E-state index is 14.6.